The van der Waals surface area contributed by atoms with Crippen molar-refractivity contribution in [2.75, 3.05) is 0 Å². The minimum atomic E-state index is 0.851. The molecule has 0 atom stereocenters. The SMILES string of the molecule is c1ccc2c(c1)oc1ccc(-c3c4ccccc4c(-c4c5ccoc5cc5c4oc4ccccc45)c4ccccc34)cc12. The summed E-state index contributed by atoms with van der Waals surface area (Å²) in [6, 6.07) is 44.7. The summed E-state index contributed by atoms with van der Waals surface area (Å²) in [5.74, 6) is 0. The van der Waals surface area contributed by atoms with E-state index in [0.29, 0.717) is 0 Å². The zero-order valence-corrected chi connectivity index (χ0v) is 22.9. The van der Waals surface area contributed by atoms with Gasteiger partial charge < -0.3 is 13.3 Å². The van der Waals surface area contributed by atoms with Gasteiger partial charge in [0.2, 0.25) is 0 Å². The fourth-order valence-corrected chi connectivity index (χ4v) is 7.13. The maximum atomic E-state index is 6.66. The molecule has 0 aliphatic carbocycles. The van der Waals surface area contributed by atoms with Crippen LogP contribution in [0.5, 0.6) is 0 Å². The fourth-order valence-electron chi connectivity index (χ4n) is 7.13. The summed E-state index contributed by atoms with van der Waals surface area (Å²) in [6.45, 7) is 0. The molecule has 3 nitrogen and oxygen atoms in total. The van der Waals surface area contributed by atoms with E-state index >= 15 is 0 Å². The van der Waals surface area contributed by atoms with Crippen LogP contribution in [0.15, 0.2) is 147 Å². The topological polar surface area (TPSA) is 39.4 Å². The molecular weight excluding hydrogens is 528 g/mol. The molecule has 0 aliphatic heterocycles. The van der Waals surface area contributed by atoms with Gasteiger partial charge in [-0.25, -0.2) is 0 Å². The number of fused-ring (bicyclic) bond motifs is 9. The highest BCUT2D eigenvalue weighted by atomic mass is 16.3. The van der Waals surface area contributed by atoms with Gasteiger partial charge in [0, 0.05) is 38.1 Å². The van der Waals surface area contributed by atoms with Crippen molar-refractivity contribution in [3.8, 4) is 22.3 Å². The van der Waals surface area contributed by atoms with E-state index in [2.05, 4.69) is 103 Å². The van der Waals surface area contributed by atoms with Crippen LogP contribution in [0, 0.1) is 0 Å². The van der Waals surface area contributed by atoms with Crippen molar-refractivity contribution >= 4 is 76.4 Å². The molecule has 7 aromatic carbocycles. The normalized spacial score (nSPS) is 12.2. The van der Waals surface area contributed by atoms with Crippen molar-refractivity contribution in [2.24, 2.45) is 0 Å². The molecule has 10 aromatic rings. The third kappa shape index (κ3) is 3.08. The molecule has 0 unspecified atom stereocenters. The predicted octanol–water partition coefficient (Wildman–Crippen LogP) is 11.9. The van der Waals surface area contributed by atoms with Crippen LogP contribution in [0.3, 0.4) is 0 Å². The molecule has 10 rings (SSSR count). The molecule has 0 radical (unpaired) electrons. The Morgan fingerprint density at radius 2 is 0.884 bits per heavy atom. The Morgan fingerprint density at radius 1 is 0.326 bits per heavy atom. The highest BCUT2D eigenvalue weighted by Crippen LogP contribution is 2.49. The molecule has 0 amide bonds. The standard InChI is InChI=1S/C40H22O3/c1-3-13-28-26(11-1)37(23-17-18-35-31(21-23)24-9-5-7-15-33(24)42-35)27-12-2-4-14-29(27)38(28)39-30-19-20-41-36(30)22-32-25-10-6-8-16-34(25)43-40(32)39/h1-22H. The first-order valence-corrected chi connectivity index (χ1v) is 14.5. The van der Waals surface area contributed by atoms with Crippen LogP contribution in [-0.4, -0.2) is 0 Å². The molecule has 0 N–H and O–H groups in total. The molecule has 0 fully saturated rings. The number of rotatable bonds is 2. The maximum absolute atomic E-state index is 6.66. The molecular formula is C40H22O3. The Labute approximate surface area is 245 Å². The van der Waals surface area contributed by atoms with Gasteiger partial charge in [-0.1, -0.05) is 91.0 Å². The Morgan fingerprint density at radius 3 is 1.58 bits per heavy atom. The highest BCUT2D eigenvalue weighted by Gasteiger charge is 2.23. The molecule has 3 heterocycles. The second-order valence-corrected chi connectivity index (χ2v) is 11.2. The first-order valence-electron chi connectivity index (χ1n) is 14.5. The number of para-hydroxylation sites is 2. The Bertz CT molecular complexity index is 2680. The smallest absolute Gasteiger partial charge is 0.144 e. The second-order valence-electron chi connectivity index (χ2n) is 11.2. The van der Waals surface area contributed by atoms with Crippen molar-refractivity contribution in [3.63, 3.8) is 0 Å². The van der Waals surface area contributed by atoms with E-state index < -0.39 is 0 Å². The summed E-state index contributed by atoms with van der Waals surface area (Å²) in [4.78, 5) is 0. The summed E-state index contributed by atoms with van der Waals surface area (Å²) in [5.41, 5.74) is 8.99. The highest BCUT2D eigenvalue weighted by molar-refractivity contribution is 6.28. The van der Waals surface area contributed by atoms with Gasteiger partial charge in [-0.15, -0.1) is 0 Å². The van der Waals surface area contributed by atoms with Gasteiger partial charge in [-0.05, 0) is 69.1 Å². The van der Waals surface area contributed by atoms with Crippen molar-refractivity contribution < 1.29 is 13.3 Å². The molecule has 43 heavy (non-hydrogen) atoms. The van der Waals surface area contributed by atoms with Gasteiger partial charge in [0.05, 0.1) is 6.26 Å². The van der Waals surface area contributed by atoms with Crippen LogP contribution < -0.4 is 0 Å². The monoisotopic (exact) mass is 550 g/mol. The number of benzene rings is 7. The van der Waals surface area contributed by atoms with Crippen molar-refractivity contribution in [1.29, 1.82) is 0 Å². The number of furan rings is 3. The zero-order valence-electron chi connectivity index (χ0n) is 22.9. The van der Waals surface area contributed by atoms with Gasteiger partial charge in [-0.2, -0.15) is 0 Å². The second kappa shape index (κ2) is 8.37. The van der Waals surface area contributed by atoms with E-state index in [-0.39, 0.29) is 0 Å². The van der Waals surface area contributed by atoms with Crippen molar-refractivity contribution in [3.05, 3.63) is 134 Å². The van der Waals surface area contributed by atoms with Gasteiger partial charge in [0.1, 0.15) is 27.9 Å². The van der Waals surface area contributed by atoms with Gasteiger partial charge in [0.15, 0.2) is 0 Å². The molecule has 0 spiro atoms. The van der Waals surface area contributed by atoms with Gasteiger partial charge in [0.25, 0.3) is 0 Å². The van der Waals surface area contributed by atoms with E-state index in [1.165, 1.54) is 27.1 Å². The Hall–Kier alpha value is -5.80. The lowest BCUT2D eigenvalue weighted by Crippen LogP contribution is -1.91. The summed E-state index contributed by atoms with van der Waals surface area (Å²) in [5, 5.41) is 10.2. The van der Waals surface area contributed by atoms with Crippen LogP contribution in [-0.2, 0) is 0 Å². The first-order chi connectivity index (χ1) is 21.3. The number of hydrogen-bond acceptors (Lipinski definition) is 3. The van der Waals surface area contributed by atoms with Crippen LogP contribution in [0.1, 0.15) is 0 Å². The van der Waals surface area contributed by atoms with Crippen LogP contribution in [0.25, 0.3) is 98.6 Å². The summed E-state index contributed by atoms with van der Waals surface area (Å²) < 4.78 is 18.9. The lowest BCUT2D eigenvalue weighted by atomic mass is 9.84. The Balaban J connectivity index is 1.38. The minimum Gasteiger partial charge on any atom is -0.464 e. The van der Waals surface area contributed by atoms with E-state index in [1.807, 2.05) is 24.3 Å². The van der Waals surface area contributed by atoms with E-state index in [4.69, 9.17) is 13.3 Å². The lowest BCUT2D eigenvalue weighted by Gasteiger charge is -2.18. The van der Waals surface area contributed by atoms with E-state index in [0.717, 1.165) is 71.5 Å². The van der Waals surface area contributed by atoms with Crippen molar-refractivity contribution in [1.82, 2.24) is 0 Å². The van der Waals surface area contributed by atoms with Crippen LogP contribution in [0.2, 0.25) is 0 Å². The fraction of sp³-hybridized carbons (Fsp3) is 0. The summed E-state index contributed by atoms with van der Waals surface area (Å²) >= 11 is 0. The molecule has 3 aromatic heterocycles. The lowest BCUT2D eigenvalue weighted by molar-refractivity contribution is 0.616. The third-order valence-electron chi connectivity index (χ3n) is 8.95. The first kappa shape index (κ1) is 22.8. The van der Waals surface area contributed by atoms with Gasteiger partial charge >= 0.3 is 0 Å². The van der Waals surface area contributed by atoms with Gasteiger partial charge in [-0.3, -0.25) is 0 Å². The average Bonchev–Trinajstić information content (AvgIpc) is 3.78. The predicted molar refractivity (Wildman–Crippen MR) is 177 cm³/mol. The summed E-state index contributed by atoms with van der Waals surface area (Å²) in [6.07, 6.45) is 1.78. The molecule has 0 saturated heterocycles. The van der Waals surface area contributed by atoms with E-state index in [9.17, 15) is 0 Å². The number of hydrogen-bond donors (Lipinski definition) is 0. The molecule has 200 valence electrons. The average molecular weight is 551 g/mol. The summed E-state index contributed by atoms with van der Waals surface area (Å²) in [7, 11) is 0. The van der Waals surface area contributed by atoms with Crippen molar-refractivity contribution in [2.45, 2.75) is 0 Å². The van der Waals surface area contributed by atoms with Crippen LogP contribution in [0.4, 0.5) is 0 Å². The zero-order chi connectivity index (χ0) is 28.1. The molecule has 0 bridgehead atoms. The molecule has 0 aliphatic rings. The Kier molecular flexibility index (Phi) is 4.45. The largest absolute Gasteiger partial charge is 0.464 e. The quantitative estimate of drug-likeness (QED) is 0.201. The maximum Gasteiger partial charge on any atom is 0.144 e. The van der Waals surface area contributed by atoms with Crippen LogP contribution >= 0.6 is 0 Å². The minimum absolute atomic E-state index is 0.851. The van der Waals surface area contributed by atoms with E-state index in [1.54, 1.807) is 6.26 Å². The third-order valence-corrected chi connectivity index (χ3v) is 8.95. The molecule has 0 saturated carbocycles. The molecule has 3 heteroatoms.